The minimum atomic E-state index is -1.18. The highest BCUT2D eigenvalue weighted by Crippen LogP contribution is 2.21. The van der Waals surface area contributed by atoms with E-state index in [-0.39, 0.29) is 17.7 Å². The summed E-state index contributed by atoms with van der Waals surface area (Å²) in [6, 6.07) is 6.38. The summed E-state index contributed by atoms with van der Waals surface area (Å²) >= 11 is 0. The summed E-state index contributed by atoms with van der Waals surface area (Å²) in [5.41, 5.74) is 1.56. The molecular weight excluding hydrogens is 288 g/mol. The fourth-order valence-electron chi connectivity index (χ4n) is 2.09. The van der Waals surface area contributed by atoms with Gasteiger partial charge in [0.25, 0.3) is 0 Å². The van der Waals surface area contributed by atoms with Crippen LogP contribution in [0.3, 0.4) is 0 Å². The number of hydrogen-bond acceptors (Lipinski definition) is 5. The van der Waals surface area contributed by atoms with Crippen molar-refractivity contribution in [2.24, 2.45) is 7.05 Å². The lowest BCUT2D eigenvalue weighted by atomic mass is 10.1. The first-order valence-corrected chi connectivity index (χ1v) is 6.43. The number of benzene rings is 1. The van der Waals surface area contributed by atoms with Crippen LogP contribution in [0.2, 0.25) is 0 Å². The van der Waals surface area contributed by atoms with Gasteiger partial charge in [-0.25, -0.2) is 4.79 Å². The van der Waals surface area contributed by atoms with E-state index in [9.17, 15) is 9.59 Å². The van der Waals surface area contributed by atoms with Gasteiger partial charge in [-0.2, -0.15) is 0 Å². The molecule has 1 aromatic carbocycles. The second-order valence-electron chi connectivity index (χ2n) is 4.72. The summed E-state index contributed by atoms with van der Waals surface area (Å²) in [6.07, 6.45) is 0.564. The second kappa shape index (κ2) is 5.32. The molecule has 0 spiro atoms. The van der Waals surface area contributed by atoms with Crippen molar-refractivity contribution in [3.8, 4) is 11.3 Å². The van der Waals surface area contributed by atoms with Crippen LogP contribution in [0.5, 0.6) is 0 Å². The lowest BCUT2D eigenvalue weighted by Crippen LogP contribution is -2.20. The van der Waals surface area contributed by atoms with Gasteiger partial charge in [0.05, 0.1) is 18.1 Å². The Kier molecular flexibility index (Phi) is 3.34. The zero-order valence-corrected chi connectivity index (χ0v) is 11.6. The molecule has 8 heteroatoms. The highest BCUT2D eigenvalue weighted by molar-refractivity contribution is 5.82. The Morgan fingerprint density at radius 1 is 1.41 bits per heavy atom. The first-order valence-electron chi connectivity index (χ1n) is 6.43. The molecule has 0 unspecified atom stereocenters. The van der Waals surface area contributed by atoms with Crippen LogP contribution >= 0.6 is 0 Å². The Balaban J connectivity index is 2.03. The Labute approximate surface area is 124 Å². The number of nitrogens with zero attached hydrogens (tertiary/aromatic N) is 3. The number of aromatic nitrogens is 3. The van der Waals surface area contributed by atoms with E-state index in [4.69, 9.17) is 9.52 Å². The molecule has 22 heavy (non-hydrogen) atoms. The second-order valence-corrected chi connectivity index (χ2v) is 4.72. The lowest BCUT2D eigenvalue weighted by molar-refractivity contribution is 0.193. The first kappa shape index (κ1) is 13.8. The third-order valence-corrected chi connectivity index (χ3v) is 3.09. The maximum atomic E-state index is 12.2. The van der Waals surface area contributed by atoms with E-state index in [1.54, 1.807) is 36.1 Å². The molecule has 0 saturated heterocycles. The van der Waals surface area contributed by atoms with E-state index in [1.165, 1.54) is 6.07 Å². The monoisotopic (exact) mass is 300 g/mol. The van der Waals surface area contributed by atoms with Crippen LogP contribution in [0.1, 0.15) is 5.76 Å². The molecule has 0 aliphatic heterocycles. The smallest absolute Gasteiger partial charge is 0.405 e. The number of amides is 1. The average Bonchev–Trinajstić information content (AvgIpc) is 2.91. The molecular formula is C14H12N4O4. The van der Waals surface area contributed by atoms with Crippen LogP contribution in [-0.4, -0.2) is 26.2 Å². The zero-order valence-electron chi connectivity index (χ0n) is 11.6. The van der Waals surface area contributed by atoms with Gasteiger partial charge in [0.1, 0.15) is 17.0 Å². The predicted molar refractivity (Wildman–Crippen MR) is 77.3 cm³/mol. The molecule has 3 rings (SSSR count). The fourth-order valence-corrected chi connectivity index (χ4v) is 2.09. The van der Waals surface area contributed by atoms with E-state index >= 15 is 0 Å². The largest absolute Gasteiger partial charge is 0.465 e. The van der Waals surface area contributed by atoms with Gasteiger partial charge in [0.2, 0.25) is 0 Å². The number of aryl methyl sites for hydroxylation is 1. The summed E-state index contributed by atoms with van der Waals surface area (Å²) in [4.78, 5) is 22.6. The number of fused-ring (bicyclic) bond motifs is 1. The molecule has 0 aliphatic rings. The highest BCUT2D eigenvalue weighted by Gasteiger charge is 2.09. The number of carbonyl (C=O) groups is 1. The minimum absolute atomic E-state index is 0.0631. The van der Waals surface area contributed by atoms with Crippen LogP contribution in [0, 0.1) is 0 Å². The van der Waals surface area contributed by atoms with E-state index in [2.05, 4.69) is 15.6 Å². The number of carboxylic acid groups (broad SMARTS) is 1. The molecule has 2 heterocycles. The maximum Gasteiger partial charge on any atom is 0.405 e. The quantitative estimate of drug-likeness (QED) is 0.755. The van der Waals surface area contributed by atoms with Crippen molar-refractivity contribution in [2.75, 3.05) is 0 Å². The minimum Gasteiger partial charge on any atom is -0.465 e. The van der Waals surface area contributed by atoms with Crippen molar-refractivity contribution >= 4 is 17.1 Å². The molecule has 0 bridgehead atoms. The Morgan fingerprint density at radius 3 is 2.91 bits per heavy atom. The van der Waals surface area contributed by atoms with E-state index in [1.807, 2.05) is 0 Å². The Bertz CT molecular complexity index is 913. The van der Waals surface area contributed by atoms with Gasteiger partial charge in [-0.05, 0) is 18.2 Å². The maximum absolute atomic E-state index is 12.2. The topological polar surface area (TPSA) is 110 Å². The van der Waals surface area contributed by atoms with Crippen LogP contribution in [-0.2, 0) is 13.6 Å². The molecule has 8 nitrogen and oxygen atoms in total. The van der Waals surface area contributed by atoms with Crippen molar-refractivity contribution in [2.45, 2.75) is 6.54 Å². The highest BCUT2D eigenvalue weighted by atomic mass is 16.4. The molecule has 0 fully saturated rings. The van der Waals surface area contributed by atoms with Crippen LogP contribution in [0.25, 0.3) is 22.2 Å². The van der Waals surface area contributed by atoms with Gasteiger partial charge in [-0.1, -0.05) is 5.21 Å². The van der Waals surface area contributed by atoms with E-state index in [0.29, 0.717) is 16.7 Å². The number of hydrogen-bond donors (Lipinski definition) is 2. The van der Waals surface area contributed by atoms with Crippen molar-refractivity contribution < 1.29 is 14.3 Å². The van der Waals surface area contributed by atoms with Gasteiger partial charge >= 0.3 is 6.09 Å². The summed E-state index contributed by atoms with van der Waals surface area (Å²) in [5, 5.41) is 19.0. The molecule has 112 valence electrons. The summed E-state index contributed by atoms with van der Waals surface area (Å²) in [7, 11) is 1.76. The SMILES string of the molecule is Cn1cc(-c2ccc3oc(CNC(=O)O)cc(=O)c3c2)nn1. The van der Waals surface area contributed by atoms with Gasteiger partial charge in [-0.15, -0.1) is 5.10 Å². The molecule has 0 atom stereocenters. The fraction of sp³-hybridized carbons (Fsp3) is 0.143. The van der Waals surface area contributed by atoms with Crippen LogP contribution in [0.4, 0.5) is 4.79 Å². The average molecular weight is 300 g/mol. The lowest BCUT2D eigenvalue weighted by Gasteiger charge is -2.04. The molecule has 2 N–H and O–H groups in total. The van der Waals surface area contributed by atoms with E-state index in [0.717, 1.165) is 5.56 Å². The van der Waals surface area contributed by atoms with Crippen LogP contribution in [0.15, 0.2) is 39.7 Å². The molecule has 2 aromatic heterocycles. The molecule has 0 radical (unpaired) electrons. The predicted octanol–water partition coefficient (Wildman–Crippen LogP) is 1.36. The van der Waals surface area contributed by atoms with Crippen molar-refractivity contribution in [3.05, 3.63) is 46.4 Å². The zero-order chi connectivity index (χ0) is 15.7. The third-order valence-electron chi connectivity index (χ3n) is 3.09. The Hall–Kier alpha value is -3.16. The van der Waals surface area contributed by atoms with Gasteiger partial charge in [-0.3, -0.25) is 9.48 Å². The molecule has 1 amide bonds. The van der Waals surface area contributed by atoms with Gasteiger partial charge < -0.3 is 14.8 Å². The number of nitrogens with one attached hydrogen (secondary N) is 1. The summed E-state index contributed by atoms with van der Waals surface area (Å²) < 4.78 is 7.09. The standard InChI is InChI=1S/C14H12N4O4/c1-18-7-11(16-17-18)8-2-3-13-10(4-8)12(19)5-9(22-13)6-15-14(20)21/h2-5,7,15H,6H2,1H3,(H,20,21). The van der Waals surface area contributed by atoms with Gasteiger partial charge in [0, 0.05) is 18.7 Å². The Morgan fingerprint density at radius 2 is 2.23 bits per heavy atom. The van der Waals surface area contributed by atoms with Crippen molar-refractivity contribution in [1.29, 1.82) is 0 Å². The van der Waals surface area contributed by atoms with Crippen LogP contribution < -0.4 is 10.7 Å². The molecule has 0 saturated carbocycles. The summed E-state index contributed by atoms with van der Waals surface area (Å²) in [5.74, 6) is 0.257. The first-order chi connectivity index (χ1) is 10.5. The normalized spacial score (nSPS) is 10.8. The molecule has 0 aliphatic carbocycles. The third kappa shape index (κ3) is 2.66. The van der Waals surface area contributed by atoms with Crippen molar-refractivity contribution in [3.63, 3.8) is 0 Å². The van der Waals surface area contributed by atoms with Gasteiger partial charge in [0.15, 0.2) is 5.43 Å². The molecule has 3 aromatic rings. The number of rotatable bonds is 3. The van der Waals surface area contributed by atoms with E-state index < -0.39 is 6.09 Å². The summed E-state index contributed by atoms with van der Waals surface area (Å²) in [6.45, 7) is -0.0631. The van der Waals surface area contributed by atoms with Crippen molar-refractivity contribution in [1.82, 2.24) is 20.3 Å².